The van der Waals surface area contributed by atoms with Gasteiger partial charge in [0, 0.05) is 25.2 Å². The van der Waals surface area contributed by atoms with E-state index in [0.29, 0.717) is 19.4 Å². The van der Waals surface area contributed by atoms with Crippen LogP contribution in [0.15, 0.2) is 12.1 Å². The van der Waals surface area contributed by atoms with Crippen LogP contribution < -0.4 is 16.4 Å². The normalized spacial score (nSPS) is 14.2. The van der Waals surface area contributed by atoms with Gasteiger partial charge in [-0.15, -0.1) is 0 Å². The minimum absolute atomic E-state index is 0.0165. The topological polar surface area (TPSA) is 106 Å². The number of methoxy groups -OCH3 is 1. The van der Waals surface area contributed by atoms with Gasteiger partial charge in [0.05, 0.1) is 7.11 Å². The molecule has 7 nitrogen and oxygen atoms in total. The maximum atomic E-state index is 11.8. The maximum absolute atomic E-state index is 11.8. The highest BCUT2D eigenvalue weighted by Crippen LogP contribution is 2.20. The minimum Gasteiger partial charge on any atom is -0.468 e. The molecule has 0 aromatic carbocycles. The Bertz CT molecular complexity index is 592. The lowest BCUT2D eigenvalue weighted by atomic mass is 10.1. The van der Waals surface area contributed by atoms with Crippen molar-refractivity contribution in [2.45, 2.75) is 51.0 Å². The Morgan fingerprint density at radius 1 is 1.40 bits per heavy atom. The summed E-state index contributed by atoms with van der Waals surface area (Å²) in [4.78, 5) is 27.6. The van der Waals surface area contributed by atoms with Crippen LogP contribution in [0.1, 0.15) is 43.4 Å². The maximum Gasteiger partial charge on any atom is 0.322 e. The van der Waals surface area contributed by atoms with Gasteiger partial charge >= 0.3 is 5.97 Å². The van der Waals surface area contributed by atoms with Crippen LogP contribution in [-0.4, -0.2) is 43.1 Å². The molecule has 2 heterocycles. The smallest absolute Gasteiger partial charge is 0.322 e. The van der Waals surface area contributed by atoms with Crippen LogP contribution in [-0.2, 0) is 27.2 Å². The van der Waals surface area contributed by atoms with Crippen molar-refractivity contribution in [3.05, 3.63) is 23.4 Å². The zero-order chi connectivity index (χ0) is 18.1. The van der Waals surface area contributed by atoms with Gasteiger partial charge in [-0.25, -0.2) is 4.98 Å². The first kappa shape index (κ1) is 19.2. The largest absolute Gasteiger partial charge is 0.468 e. The lowest BCUT2D eigenvalue weighted by molar-refractivity contribution is -0.142. The second-order valence-electron chi connectivity index (χ2n) is 6.32. The number of anilines is 1. The van der Waals surface area contributed by atoms with Gasteiger partial charge in [0.1, 0.15) is 11.9 Å². The molecule has 138 valence electrons. The molecule has 0 radical (unpaired) electrons. The molecule has 1 aliphatic heterocycles. The van der Waals surface area contributed by atoms with Gasteiger partial charge in [0.15, 0.2) is 0 Å². The number of nitrogens with one attached hydrogen (secondary N) is 2. The fourth-order valence-electron chi connectivity index (χ4n) is 2.82. The Morgan fingerprint density at radius 3 is 3.04 bits per heavy atom. The molecule has 1 aromatic rings. The van der Waals surface area contributed by atoms with Gasteiger partial charge in [-0.05, 0) is 50.2 Å². The van der Waals surface area contributed by atoms with Crippen molar-refractivity contribution < 1.29 is 14.3 Å². The molecule has 1 atom stereocenters. The summed E-state index contributed by atoms with van der Waals surface area (Å²) in [5, 5.41) is 6.12. The molecule has 0 unspecified atom stereocenters. The number of hydrogen-bond donors (Lipinski definition) is 3. The molecular weight excluding hydrogens is 320 g/mol. The van der Waals surface area contributed by atoms with Crippen molar-refractivity contribution >= 4 is 17.7 Å². The van der Waals surface area contributed by atoms with E-state index in [-0.39, 0.29) is 5.91 Å². The van der Waals surface area contributed by atoms with Crippen LogP contribution in [0.4, 0.5) is 5.82 Å². The number of fused-ring (bicyclic) bond motifs is 1. The third-order valence-corrected chi connectivity index (χ3v) is 4.32. The number of carbonyl (C=O) groups is 2. The number of ether oxygens (including phenoxy) is 1. The molecule has 1 aliphatic rings. The van der Waals surface area contributed by atoms with E-state index in [1.807, 2.05) is 0 Å². The molecule has 1 amide bonds. The molecule has 7 heteroatoms. The predicted octanol–water partition coefficient (Wildman–Crippen LogP) is 1.16. The highest BCUT2D eigenvalue weighted by molar-refractivity contribution is 5.76. The number of aryl methyl sites for hydroxylation is 2. The summed E-state index contributed by atoms with van der Waals surface area (Å²) in [6, 6.07) is 3.55. The van der Waals surface area contributed by atoms with Crippen molar-refractivity contribution in [3.8, 4) is 0 Å². The van der Waals surface area contributed by atoms with Crippen LogP contribution >= 0.6 is 0 Å². The first-order chi connectivity index (χ1) is 12.1. The fraction of sp³-hybridized carbons (Fsp3) is 0.611. The number of hydrogen-bond acceptors (Lipinski definition) is 6. The fourth-order valence-corrected chi connectivity index (χ4v) is 2.82. The van der Waals surface area contributed by atoms with E-state index in [1.165, 1.54) is 12.7 Å². The standard InChI is InChI=1S/C18H28N4O3/c1-25-18(24)15(19)10-12-20-16(23)7-3-2-6-14-9-8-13-5-4-11-21-17(13)22-14/h8-9,15H,2-7,10-12,19H2,1H3,(H,20,23)(H,21,22)/t15-/m0/s1. The average molecular weight is 348 g/mol. The summed E-state index contributed by atoms with van der Waals surface area (Å²) in [7, 11) is 1.30. The number of pyridine rings is 1. The molecule has 4 N–H and O–H groups in total. The quantitative estimate of drug-likeness (QED) is 0.457. The van der Waals surface area contributed by atoms with E-state index in [4.69, 9.17) is 5.73 Å². The van der Waals surface area contributed by atoms with E-state index >= 15 is 0 Å². The number of amides is 1. The highest BCUT2D eigenvalue weighted by atomic mass is 16.5. The Balaban J connectivity index is 1.59. The summed E-state index contributed by atoms with van der Waals surface area (Å²) < 4.78 is 4.54. The molecular formula is C18H28N4O3. The van der Waals surface area contributed by atoms with Gasteiger partial charge in [0.2, 0.25) is 5.91 Å². The number of unbranched alkanes of at least 4 members (excludes halogenated alkanes) is 1. The first-order valence-electron chi connectivity index (χ1n) is 8.93. The van der Waals surface area contributed by atoms with Crippen LogP contribution in [0.25, 0.3) is 0 Å². The first-order valence-corrected chi connectivity index (χ1v) is 8.93. The molecule has 0 saturated carbocycles. The molecule has 0 bridgehead atoms. The molecule has 2 rings (SSSR count). The summed E-state index contributed by atoms with van der Waals surface area (Å²) in [6.07, 6.45) is 5.70. The number of carbonyl (C=O) groups excluding carboxylic acids is 2. The van der Waals surface area contributed by atoms with Gasteiger partial charge in [-0.1, -0.05) is 6.07 Å². The second-order valence-corrected chi connectivity index (χ2v) is 6.32. The number of esters is 1. The molecule has 1 aromatic heterocycles. The SMILES string of the molecule is COC(=O)[C@@H](N)CCNC(=O)CCCCc1ccc2c(n1)NCCC2. The highest BCUT2D eigenvalue weighted by Gasteiger charge is 2.13. The summed E-state index contributed by atoms with van der Waals surface area (Å²) >= 11 is 0. The second kappa shape index (κ2) is 9.98. The lowest BCUT2D eigenvalue weighted by Crippen LogP contribution is -2.36. The lowest BCUT2D eigenvalue weighted by Gasteiger charge is -2.17. The van der Waals surface area contributed by atoms with Crippen molar-refractivity contribution in [2.24, 2.45) is 5.73 Å². The van der Waals surface area contributed by atoms with E-state index < -0.39 is 12.0 Å². The van der Waals surface area contributed by atoms with Crippen LogP contribution in [0.5, 0.6) is 0 Å². The Hall–Kier alpha value is -2.15. The number of nitrogens with zero attached hydrogens (tertiary/aromatic N) is 1. The Labute approximate surface area is 148 Å². The summed E-state index contributed by atoms with van der Waals surface area (Å²) in [6.45, 7) is 1.37. The number of rotatable bonds is 9. The Kier molecular flexibility index (Phi) is 7.66. The zero-order valence-electron chi connectivity index (χ0n) is 14.8. The Morgan fingerprint density at radius 2 is 2.24 bits per heavy atom. The third kappa shape index (κ3) is 6.34. The van der Waals surface area contributed by atoms with Crippen LogP contribution in [0, 0.1) is 0 Å². The van der Waals surface area contributed by atoms with Crippen molar-refractivity contribution in [1.29, 1.82) is 0 Å². The third-order valence-electron chi connectivity index (χ3n) is 4.32. The number of aromatic nitrogens is 1. The van der Waals surface area contributed by atoms with Gasteiger partial charge in [-0.2, -0.15) is 0 Å². The van der Waals surface area contributed by atoms with Crippen molar-refractivity contribution in [1.82, 2.24) is 10.3 Å². The van der Waals surface area contributed by atoms with Crippen molar-refractivity contribution in [3.63, 3.8) is 0 Å². The predicted molar refractivity (Wildman–Crippen MR) is 96.2 cm³/mol. The number of nitrogens with two attached hydrogens (primary N) is 1. The summed E-state index contributed by atoms with van der Waals surface area (Å²) in [5.74, 6) is 0.543. The van der Waals surface area contributed by atoms with Gasteiger partial charge in [0.25, 0.3) is 0 Å². The zero-order valence-corrected chi connectivity index (χ0v) is 14.8. The monoisotopic (exact) mass is 348 g/mol. The molecule has 0 saturated heterocycles. The summed E-state index contributed by atoms with van der Waals surface area (Å²) in [5.41, 5.74) is 7.97. The molecule has 0 fully saturated rings. The van der Waals surface area contributed by atoms with E-state index in [0.717, 1.165) is 50.2 Å². The minimum atomic E-state index is -0.686. The van der Waals surface area contributed by atoms with E-state index in [2.05, 4.69) is 32.5 Å². The van der Waals surface area contributed by atoms with Crippen molar-refractivity contribution in [2.75, 3.05) is 25.5 Å². The molecule has 0 aliphatic carbocycles. The van der Waals surface area contributed by atoms with Gasteiger partial charge in [-0.3, -0.25) is 9.59 Å². The van der Waals surface area contributed by atoms with E-state index in [1.54, 1.807) is 0 Å². The van der Waals surface area contributed by atoms with Crippen LogP contribution in [0.3, 0.4) is 0 Å². The van der Waals surface area contributed by atoms with E-state index in [9.17, 15) is 9.59 Å². The van der Waals surface area contributed by atoms with Gasteiger partial charge < -0.3 is 21.1 Å². The molecule has 0 spiro atoms. The van der Waals surface area contributed by atoms with Crippen LogP contribution in [0.2, 0.25) is 0 Å². The average Bonchev–Trinajstić information content (AvgIpc) is 2.64. The molecule has 25 heavy (non-hydrogen) atoms.